The van der Waals surface area contributed by atoms with E-state index in [0.717, 1.165) is 5.56 Å². The second-order valence-corrected chi connectivity index (χ2v) is 8.42. The minimum Gasteiger partial charge on any atom is -0.497 e. The van der Waals surface area contributed by atoms with Gasteiger partial charge in [0.2, 0.25) is 11.3 Å². The molecule has 0 radical (unpaired) electrons. The number of ether oxygens (including phenoxy) is 3. The molecule has 0 aliphatic heterocycles. The van der Waals surface area contributed by atoms with Crippen molar-refractivity contribution in [1.29, 1.82) is 0 Å². The highest BCUT2D eigenvalue weighted by molar-refractivity contribution is 6.10. The fourth-order valence-corrected chi connectivity index (χ4v) is 4.04. The summed E-state index contributed by atoms with van der Waals surface area (Å²) in [6.07, 6.45) is 1.44. The normalized spacial score (nSPS) is 10.7. The Bertz CT molecular complexity index is 1520. The minimum atomic E-state index is -0.423. The number of benzene rings is 3. The van der Waals surface area contributed by atoms with Gasteiger partial charge in [-0.2, -0.15) is 0 Å². The molecule has 0 atom stereocenters. The van der Waals surface area contributed by atoms with E-state index in [0.29, 0.717) is 40.6 Å². The van der Waals surface area contributed by atoms with Crippen molar-refractivity contribution in [2.45, 2.75) is 20.4 Å². The van der Waals surface area contributed by atoms with Crippen LogP contribution < -0.4 is 25.0 Å². The Morgan fingerprint density at radius 3 is 2.32 bits per heavy atom. The number of fused-ring (bicyclic) bond motifs is 1. The number of carbonyl (C=O) groups is 2. The van der Waals surface area contributed by atoms with Crippen molar-refractivity contribution in [3.8, 4) is 17.2 Å². The second kappa shape index (κ2) is 11.0. The molecular formula is C29H28N2O6. The average Bonchev–Trinajstić information content (AvgIpc) is 2.90. The Hall–Kier alpha value is -4.59. The monoisotopic (exact) mass is 500 g/mol. The van der Waals surface area contributed by atoms with E-state index in [9.17, 15) is 14.4 Å². The molecule has 4 aromatic rings. The summed E-state index contributed by atoms with van der Waals surface area (Å²) in [6.45, 7) is 4.03. The maximum atomic E-state index is 13.4. The number of anilines is 1. The van der Waals surface area contributed by atoms with Crippen molar-refractivity contribution in [3.05, 3.63) is 93.8 Å². The first-order chi connectivity index (χ1) is 17.8. The van der Waals surface area contributed by atoms with E-state index >= 15 is 0 Å². The average molecular weight is 501 g/mol. The third kappa shape index (κ3) is 5.48. The van der Waals surface area contributed by atoms with Crippen molar-refractivity contribution in [3.63, 3.8) is 0 Å². The molecule has 0 spiro atoms. The predicted octanol–water partition coefficient (Wildman–Crippen LogP) is 4.60. The van der Waals surface area contributed by atoms with Gasteiger partial charge >= 0.3 is 0 Å². The Kier molecular flexibility index (Phi) is 7.57. The fraction of sp³-hybridized carbons (Fsp3) is 0.207. The fourth-order valence-electron chi connectivity index (χ4n) is 4.04. The standard InChI is InChI=1S/C29H28N2O6/c1-5-37-21-10-12-25-22(14-21)29(34)23(28(33)19-8-6-18(2)7-9-19)16-31(25)17-27(32)30-24-15-20(35-3)11-13-26(24)36-4/h6-16H,5,17H2,1-4H3,(H,30,32). The zero-order valence-electron chi connectivity index (χ0n) is 21.2. The molecule has 1 amide bonds. The quantitative estimate of drug-likeness (QED) is 0.338. The largest absolute Gasteiger partial charge is 0.497 e. The van der Waals surface area contributed by atoms with Gasteiger partial charge in [0.25, 0.3) is 0 Å². The lowest BCUT2D eigenvalue weighted by Crippen LogP contribution is -2.24. The van der Waals surface area contributed by atoms with Crippen molar-refractivity contribution in [2.75, 3.05) is 26.1 Å². The van der Waals surface area contributed by atoms with E-state index in [1.54, 1.807) is 53.1 Å². The van der Waals surface area contributed by atoms with Gasteiger partial charge in [0.15, 0.2) is 5.78 Å². The van der Waals surface area contributed by atoms with Gasteiger partial charge in [0, 0.05) is 17.8 Å². The number of carbonyl (C=O) groups excluding carboxylic acids is 2. The van der Waals surface area contributed by atoms with Crippen molar-refractivity contribution in [2.24, 2.45) is 0 Å². The van der Waals surface area contributed by atoms with Crippen molar-refractivity contribution >= 4 is 28.3 Å². The van der Waals surface area contributed by atoms with E-state index in [1.165, 1.54) is 20.4 Å². The molecule has 8 heteroatoms. The molecule has 190 valence electrons. The molecule has 0 fully saturated rings. The van der Waals surface area contributed by atoms with Crippen molar-refractivity contribution in [1.82, 2.24) is 4.57 Å². The minimum absolute atomic E-state index is 0.0308. The molecule has 0 aliphatic rings. The number of pyridine rings is 1. The number of aryl methyl sites for hydroxylation is 1. The molecule has 1 aromatic heterocycles. The number of amides is 1. The summed E-state index contributed by atoms with van der Waals surface area (Å²) in [5.41, 5.74) is 1.87. The molecular weight excluding hydrogens is 472 g/mol. The highest BCUT2D eigenvalue weighted by atomic mass is 16.5. The van der Waals surface area contributed by atoms with Crippen LogP contribution >= 0.6 is 0 Å². The third-order valence-corrected chi connectivity index (χ3v) is 5.92. The number of ketones is 1. The zero-order valence-corrected chi connectivity index (χ0v) is 21.2. The Morgan fingerprint density at radius 2 is 1.65 bits per heavy atom. The van der Waals surface area contributed by atoms with Gasteiger partial charge in [-0.1, -0.05) is 29.8 Å². The van der Waals surface area contributed by atoms with Crippen LogP contribution in [0.2, 0.25) is 0 Å². The number of hydrogen-bond acceptors (Lipinski definition) is 6. The number of methoxy groups -OCH3 is 2. The molecule has 0 aliphatic carbocycles. The van der Waals surface area contributed by atoms with E-state index < -0.39 is 11.2 Å². The Labute approximate surface area is 214 Å². The van der Waals surface area contributed by atoms with Gasteiger partial charge < -0.3 is 24.1 Å². The van der Waals surface area contributed by atoms with Crippen LogP contribution in [-0.4, -0.2) is 37.1 Å². The zero-order chi connectivity index (χ0) is 26.5. The van der Waals surface area contributed by atoms with E-state index in [2.05, 4.69) is 5.32 Å². The summed E-state index contributed by atoms with van der Waals surface area (Å²) in [5.74, 6) is 0.732. The highest BCUT2D eigenvalue weighted by Crippen LogP contribution is 2.29. The molecule has 0 bridgehead atoms. The summed E-state index contributed by atoms with van der Waals surface area (Å²) in [4.78, 5) is 39.9. The molecule has 3 aromatic carbocycles. The number of nitrogens with zero attached hydrogens (tertiary/aromatic N) is 1. The van der Waals surface area contributed by atoms with E-state index in [4.69, 9.17) is 14.2 Å². The summed E-state index contributed by atoms with van der Waals surface area (Å²) in [6, 6.07) is 17.1. The molecule has 0 unspecified atom stereocenters. The molecule has 37 heavy (non-hydrogen) atoms. The number of aromatic nitrogens is 1. The van der Waals surface area contributed by atoms with Gasteiger partial charge in [0.1, 0.15) is 23.8 Å². The van der Waals surface area contributed by atoms with E-state index in [1.807, 2.05) is 26.0 Å². The van der Waals surface area contributed by atoms with Crippen molar-refractivity contribution < 1.29 is 23.8 Å². The van der Waals surface area contributed by atoms with Crippen LogP contribution in [0.3, 0.4) is 0 Å². The molecule has 8 nitrogen and oxygen atoms in total. The van der Waals surface area contributed by atoms with E-state index in [-0.39, 0.29) is 23.4 Å². The van der Waals surface area contributed by atoms with Crippen LogP contribution in [-0.2, 0) is 11.3 Å². The van der Waals surface area contributed by atoms with Gasteiger partial charge in [0.05, 0.1) is 43.0 Å². The summed E-state index contributed by atoms with van der Waals surface area (Å²) >= 11 is 0. The first-order valence-electron chi connectivity index (χ1n) is 11.8. The van der Waals surface area contributed by atoms with Crippen LogP contribution in [0, 0.1) is 6.92 Å². The molecule has 4 rings (SSSR count). The number of hydrogen-bond donors (Lipinski definition) is 1. The number of rotatable bonds is 9. The van der Waals surface area contributed by atoms with Crippen LogP contribution in [0.15, 0.2) is 71.7 Å². The maximum absolute atomic E-state index is 13.4. The molecule has 1 N–H and O–H groups in total. The Balaban J connectivity index is 1.77. The van der Waals surface area contributed by atoms with Gasteiger partial charge in [-0.05, 0) is 44.2 Å². The lowest BCUT2D eigenvalue weighted by Gasteiger charge is -2.16. The summed E-state index contributed by atoms with van der Waals surface area (Å²) in [7, 11) is 3.04. The van der Waals surface area contributed by atoms with Gasteiger partial charge in [-0.25, -0.2) is 0 Å². The van der Waals surface area contributed by atoms with Crippen LogP contribution in [0.1, 0.15) is 28.4 Å². The smallest absolute Gasteiger partial charge is 0.244 e. The van der Waals surface area contributed by atoms with Crippen LogP contribution in [0.5, 0.6) is 17.2 Å². The van der Waals surface area contributed by atoms with Crippen LogP contribution in [0.25, 0.3) is 10.9 Å². The first kappa shape index (κ1) is 25.5. The predicted molar refractivity (Wildman–Crippen MR) is 142 cm³/mol. The maximum Gasteiger partial charge on any atom is 0.244 e. The SMILES string of the molecule is CCOc1ccc2c(c1)c(=O)c(C(=O)c1ccc(C)cc1)cn2CC(=O)Nc1cc(OC)ccc1OC. The molecule has 1 heterocycles. The third-order valence-electron chi connectivity index (χ3n) is 5.92. The summed E-state index contributed by atoms with van der Waals surface area (Å²) in [5, 5.41) is 3.12. The Morgan fingerprint density at radius 1 is 0.919 bits per heavy atom. The topological polar surface area (TPSA) is 95.9 Å². The molecule has 0 saturated heterocycles. The van der Waals surface area contributed by atoms with Gasteiger partial charge in [-0.3, -0.25) is 14.4 Å². The lowest BCUT2D eigenvalue weighted by atomic mass is 10.0. The number of nitrogens with one attached hydrogen (secondary N) is 1. The summed E-state index contributed by atoms with van der Waals surface area (Å²) < 4.78 is 17.8. The lowest BCUT2D eigenvalue weighted by molar-refractivity contribution is -0.116. The molecule has 0 saturated carbocycles. The highest BCUT2D eigenvalue weighted by Gasteiger charge is 2.19. The van der Waals surface area contributed by atoms with Gasteiger partial charge in [-0.15, -0.1) is 0 Å². The second-order valence-electron chi connectivity index (χ2n) is 8.42. The van der Waals surface area contributed by atoms with Crippen LogP contribution in [0.4, 0.5) is 5.69 Å². The first-order valence-corrected chi connectivity index (χ1v) is 11.8.